The summed E-state index contributed by atoms with van der Waals surface area (Å²) in [4.78, 5) is 6.23. The summed E-state index contributed by atoms with van der Waals surface area (Å²) in [5, 5.41) is 3.39. The number of hydrogen-bond acceptors (Lipinski definition) is 3. The number of aromatic nitrogens is 1. The Morgan fingerprint density at radius 1 is 1.61 bits per heavy atom. The molecule has 0 aromatic carbocycles. The molecule has 1 aliphatic rings. The van der Waals surface area contributed by atoms with Gasteiger partial charge in [-0.3, -0.25) is 0 Å². The number of piperidine rings is 1. The third kappa shape index (κ3) is 3.42. The lowest BCUT2D eigenvalue weighted by Crippen LogP contribution is -2.39. The summed E-state index contributed by atoms with van der Waals surface area (Å²) in [6.07, 6.45) is 4.07. The number of rotatable bonds is 4. The minimum atomic E-state index is -0.255. The van der Waals surface area contributed by atoms with Crippen molar-refractivity contribution in [3.05, 3.63) is 22.6 Å². The first-order chi connectivity index (χ1) is 8.70. The van der Waals surface area contributed by atoms with Gasteiger partial charge in [0.25, 0.3) is 0 Å². The van der Waals surface area contributed by atoms with Crippen molar-refractivity contribution in [2.24, 2.45) is 5.92 Å². The smallest absolute Gasteiger partial charge is 0.166 e. The van der Waals surface area contributed by atoms with Gasteiger partial charge in [-0.05, 0) is 60.8 Å². The van der Waals surface area contributed by atoms with E-state index in [4.69, 9.17) is 0 Å². The monoisotopic (exact) mass is 315 g/mol. The van der Waals surface area contributed by atoms with Gasteiger partial charge in [-0.2, -0.15) is 0 Å². The van der Waals surface area contributed by atoms with Crippen LogP contribution in [0, 0.1) is 11.7 Å². The molecule has 0 aliphatic carbocycles. The molecule has 18 heavy (non-hydrogen) atoms. The van der Waals surface area contributed by atoms with Gasteiger partial charge in [0.2, 0.25) is 0 Å². The van der Waals surface area contributed by atoms with Crippen molar-refractivity contribution in [1.82, 2.24) is 10.3 Å². The van der Waals surface area contributed by atoms with E-state index in [2.05, 4.69) is 26.2 Å². The molecule has 5 heteroatoms. The molecule has 1 aliphatic heterocycles. The van der Waals surface area contributed by atoms with Gasteiger partial charge in [-0.15, -0.1) is 0 Å². The van der Waals surface area contributed by atoms with Crippen LogP contribution in [0.3, 0.4) is 0 Å². The number of anilines is 1. The molecule has 0 radical (unpaired) electrons. The van der Waals surface area contributed by atoms with Crippen molar-refractivity contribution < 1.29 is 4.39 Å². The maximum absolute atomic E-state index is 13.9. The Morgan fingerprint density at radius 2 is 2.44 bits per heavy atom. The highest BCUT2D eigenvalue weighted by Crippen LogP contribution is 2.22. The fraction of sp³-hybridized carbons (Fsp3) is 0.615. The first kappa shape index (κ1) is 13.7. The predicted molar refractivity (Wildman–Crippen MR) is 75.4 cm³/mol. The SMILES string of the molecule is CCN(CC1CCCNC1)c1ncc(Br)cc1F. The molecule has 1 unspecified atom stereocenters. The molecule has 1 aromatic heterocycles. The molecular formula is C13H19BrFN3. The minimum Gasteiger partial charge on any atom is -0.354 e. The van der Waals surface area contributed by atoms with Crippen molar-refractivity contribution >= 4 is 21.7 Å². The van der Waals surface area contributed by atoms with Crippen LogP contribution in [-0.4, -0.2) is 31.2 Å². The van der Waals surface area contributed by atoms with Crippen LogP contribution in [-0.2, 0) is 0 Å². The highest BCUT2D eigenvalue weighted by atomic mass is 79.9. The predicted octanol–water partition coefficient (Wildman–Crippen LogP) is 2.81. The van der Waals surface area contributed by atoms with Gasteiger partial charge < -0.3 is 10.2 Å². The number of halogens is 2. The lowest BCUT2D eigenvalue weighted by molar-refractivity contribution is 0.376. The number of nitrogens with zero attached hydrogens (tertiary/aromatic N) is 2. The van der Waals surface area contributed by atoms with Crippen LogP contribution < -0.4 is 10.2 Å². The van der Waals surface area contributed by atoms with Gasteiger partial charge in [0.15, 0.2) is 11.6 Å². The van der Waals surface area contributed by atoms with E-state index in [-0.39, 0.29) is 5.82 Å². The third-order valence-corrected chi connectivity index (χ3v) is 3.78. The molecule has 1 aromatic rings. The molecule has 0 spiro atoms. The average Bonchev–Trinajstić information content (AvgIpc) is 2.38. The quantitative estimate of drug-likeness (QED) is 0.926. The largest absolute Gasteiger partial charge is 0.354 e. The summed E-state index contributed by atoms with van der Waals surface area (Å²) in [6, 6.07) is 1.48. The average molecular weight is 316 g/mol. The molecule has 0 bridgehead atoms. The minimum absolute atomic E-state index is 0.255. The van der Waals surface area contributed by atoms with E-state index >= 15 is 0 Å². The lowest BCUT2D eigenvalue weighted by atomic mass is 9.99. The molecule has 2 rings (SSSR count). The van der Waals surface area contributed by atoms with Crippen LogP contribution in [0.1, 0.15) is 19.8 Å². The van der Waals surface area contributed by atoms with Gasteiger partial charge in [0.05, 0.1) is 0 Å². The van der Waals surface area contributed by atoms with Crippen LogP contribution in [0.2, 0.25) is 0 Å². The van der Waals surface area contributed by atoms with Crippen LogP contribution in [0.4, 0.5) is 10.2 Å². The normalized spacial score (nSPS) is 19.8. The fourth-order valence-corrected chi connectivity index (χ4v) is 2.70. The Labute approximate surface area is 116 Å². The molecule has 1 saturated heterocycles. The summed E-state index contributed by atoms with van der Waals surface area (Å²) in [6.45, 7) is 5.82. The van der Waals surface area contributed by atoms with Gasteiger partial charge in [0, 0.05) is 23.8 Å². The third-order valence-electron chi connectivity index (χ3n) is 3.35. The molecule has 0 saturated carbocycles. The number of nitrogens with one attached hydrogen (secondary N) is 1. The van der Waals surface area contributed by atoms with Gasteiger partial charge in [0.1, 0.15) is 0 Å². The molecule has 100 valence electrons. The van der Waals surface area contributed by atoms with Crippen molar-refractivity contribution in [2.45, 2.75) is 19.8 Å². The van der Waals surface area contributed by atoms with E-state index in [1.165, 1.54) is 18.9 Å². The second kappa shape index (κ2) is 6.48. The van der Waals surface area contributed by atoms with Gasteiger partial charge in [-0.1, -0.05) is 0 Å². The summed E-state index contributed by atoms with van der Waals surface area (Å²) in [5.74, 6) is 0.796. The van der Waals surface area contributed by atoms with Crippen LogP contribution in [0.15, 0.2) is 16.7 Å². The van der Waals surface area contributed by atoms with E-state index in [0.29, 0.717) is 16.2 Å². The van der Waals surface area contributed by atoms with E-state index in [1.54, 1.807) is 6.20 Å². The van der Waals surface area contributed by atoms with Crippen LogP contribution in [0.25, 0.3) is 0 Å². The first-order valence-corrected chi connectivity index (χ1v) is 7.26. The zero-order chi connectivity index (χ0) is 13.0. The fourth-order valence-electron chi connectivity index (χ4n) is 2.40. The Morgan fingerprint density at radius 3 is 3.06 bits per heavy atom. The van der Waals surface area contributed by atoms with E-state index in [9.17, 15) is 4.39 Å². The lowest BCUT2D eigenvalue weighted by Gasteiger charge is -2.30. The van der Waals surface area contributed by atoms with Crippen LogP contribution >= 0.6 is 15.9 Å². The van der Waals surface area contributed by atoms with Crippen molar-refractivity contribution in [2.75, 3.05) is 31.1 Å². The Hall–Kier alpha value is -0.680. The standard InChI is InChI=1S/C13H19BrFN3/c1-2-18(9-10-4-3-5-16-7-10)13-12(15)6-11(14)8-17-13/h6,8,10,16H,2-5,7,9H2,1H3. The van der Waals surface area contributed by atoms with Crippen molar-refractivity contribution in [3.8, 4) is 0 Å². The maximum atomic E-state index is 13.9. The molecule has 2 heterocycles. The molecular weight excluding hydrogens is 297 g/mol. The second-order valence-electron chi connectivity index (χ2n) is 4.71. The first-order valence-electron chi connectivity index (χ1n) is 6.47. The summed E-state index contributed by atoms with van der Waals surface area (Å²) in [5.41, 5.74) is 0. The Bertz CT molecular complexity index is 394. The zero-order valence-corrected chi connectivity index (χ0v) is 12.2. The van der Waals surface area contributed by atoms with Gasteiger partial charge in [-0.25, -0.2) is 9.37 Å². The number of pyridine rings is 1. The van der Waals surface area contributed by atoms with Gasteiger partial charge >= 0.3 is 0 Å². The molecule has 1 fully saturated rings. The van der Waals surface area contributed by atoms with Crippen LogP contribution in [0.5, 0.6) is 0 Å². The molecule has 0 amide bonds. The molecule has 1 N–H and O–H groups in total. The van der Waals surface area contributed by atoms with Crippen molar-refractivity contribution in [3.63, 3.8) is 0 Å². The molecule has 3 nitrogen and oxygen atoms in total. The number of hydrogen-bond donors (Lipinski definition) is 1. The topological polar surface area (TPSA) is 28.2 Å². The zero-order valence-electron chi connectivity index (χ0n) is 10.6. The second-order valence-corrected chi connectivity index (χ2v) is 5.63. The van der Waals surface area contributed by atoms with E-state index < -0.39 is 0 Å². The Balaban J connectivity index is 2.07. The van der Waals surface area contributed by atoms with Crippen molar-refractivity contribution in [1.29, 1.82) is 0 Å². The summed E-state index contributed by atoms with van der Waals surface area (Å²) in [7, 11) is 0. The molecule has 1 atom stereocenters. The summed E-state index contributed by atoms with van der Waals surface area (Å²) < 4.78 is 14.6. The van der Waals surface area contributed by atoms with E-state index in [0.717, 1.165) is 26.2 Å². The highest BCUT2D eigenvalue weighted by molar-refractivity contribution is 9.10. The Kier molecular flexibility index (Phi) is 4.95. The highest BCUT2D eigenvalue weighted by Gasteiger charge is 2.19. The van der Waals surface area contributed by atoms with E-state index in [1.807, 2.05) is 11.8 Å². The summed E-state index contributed by atoms with van der Waals surface area (Å²) >= 11 is 3.23. The maximum Gasteiger partial charge on any atom is 0.166 e.